The predicted molar refractivity (Wildman–Crippen MR) is 103 cm³/mol. The van der Waals surface area contributed by atoms with Crippen LogP contribution >= 0.6 is 18.5 Å². The molecule has 3 heterocycles. The molecule has 0 radical (unpaired) electrons. The molecule has 0 spiro atoms. The zero-order chi connectivity index (χ0) is 18.7. The molecule has 3 aromatic rings. The van der Waals surface area contributed by atoms with E-state index in [1.165, 1.54) is 0 Å². The number of carbonyl (C=O) groups excluding carboxylic acids is 1. The van der Waals surface area contributed by atoms with Crippen LogP contribution in [-0.4, -0.2) is 29.2 Å². The fourth-order valence-corrected chi connectivity index (χ4v) is 3.76. The lowest BCUT2D eigenvalue weighted by Gasteiger charge is -2.08. The van der Waals surface area contributed by atoms with Crippen LogP contribution in [0.2, 0.25) is 0 Å². The van der Waals surface area contributed by atoms with Crippen LogP contribution in [0.25, 0.3) is 11.5 Å². The Kier molecular flexibility index (Phi) is 5.39. The molecule has 0 unspecified atom stereocenters. The number of hydrogen-bond acceptors (Lipinski definition) is 6. The molecule has 1 N–H and O–H groups in total. The summed E-state index contributed by atoms with van der Waals surface area (Å²) in [6.07, 6.45) is 1.80. The van der Waals surface area contributed by atoms with Crippen molar-refractivity contribution >= 4 is 29.8 Å². The van der Waals surface area contributed by atoms with Gasteiger partial charge in [0, 0.05) is 23.7 Å². The Labute approximate surface area is 156 Å². The highest BCUT2D eigenvalue weighted by molar-refractivity contribution is 7.69. The maximum Gasteiger partial charge on any atom is 0.227 e. The van der Waals surface area contributed by atoms with Gasteiger partial charge in [-0.05, 0) is 43.3 Å². The number of oxazole rings is 1. The molecule has 136 valence electrons. The Balaban J connectivity index is 1.59. The zero-order valence-corrected chi connectivity index (χ0v) is 16.6. The number of rotatable bonds is 6. The number of nitrogens with one attached hydrogen (secondary N) is 1. The minimum atomic E-state index is -2.36. The van der Waals surface area contributed by atoms with E-state index in [0.29, 0.717) is 29.3 Å². The normalized spacial score (nSPS) is 11.5. The lowest BCUT2D eigenvalue weighted by atomic mass is 10.2. The van der Waals surface area contributed by atoms with Crippen molar-refractivity contribution in [2.75, 3.05) is 13.3 Å². The zero-order valence-electron chi connectivity index (χ0n) is 14.9. The number of hydrogen-bond donors (Lipinski definition) is 1. The summed E-state index contributed by atoms with van der Waals surface area (Å²) >= 11 is 1.57. The number of nitrogens with zero attached hydrogens (tertiary/aromatic N) is 2. The second-order valence-corrected chi connectivity index (χ2v) is 10.3. The molecule has 0 saturated carbocycles. The van der Waals surface area contributed by atoms with Crippen LogP contribution in [0.4, 0.5) is 0 Å². The first-order valence-electron chi connectivity index (χ1n) is 8.09. The summed E-state index contributed by atoms with van der Waals surface area (Å²) < 4.78 is 17.6. The number of aryl methyl sites for hydroxylation is 1. The smallest absolute Gasteiger partial charge is 0.227 e. The minimum absolute atomic E-state index is 0.140. The Morgan fingerprint density at radius 2 is 2.12 bits per heavy atom. The number of thiophene rings is 1. The number of carbonyl (C=O) groups is 1. The molecule has 3 aromatic heterocycles. The van der Waals surface area contributed by atoms with Gasteiger partial charge in [-0.3, -0.25) is 9.78 Å². The Hall–Kier alpha value is -2.24. The quantitative estimate of drug-likeness (QED) is 0.655. The third kappa shape index (κ3) is 4.48. The first-order valence-corrected chi connectivity index (χ1v) is 11.6. The van der Waals surface area contributed by atoms with Gasteiger partial charge in [0.05, 0.1) is 17.5 Å². The van der Waals surface area contributed by atoms with E-state index in [-0.39, 0.29) is 12.3 Å². The fourth-order valence-electron chi connectivity index (χ4n) is 2.36. The van der Waals surface area contributed by atoms with E-state index >= 15 is 0 Å². The monoisotopic (exact) mass is 389 g/mol. The summed E-state index contributed by atoms with van der Waals surface area (Å²) in [4.78, 5) is 20.8. The van der Waals surface area contributed by atoms with Crippen LogP contribution in [0.5, 0.6) is 0 Å². The molecule has 0 aliphatic heterocycles. The lowest BCUT2D eigenvalue weighted by Crippen LogP contribution is -2.25. The number of amides is 1. The summed E-state index contributed by atoms with van der Waals surface area (Å²) in [6.45, 7) is 5.53. The van der Waals surface area contributed by atoms with Gasteiger partial charge in [0.25, 0.3) is 0 Å². The molecule has 1 amide bonds. The van der Waals surface area contributed by atoms with Gasteiger partial charge in [-0.15, -0.1) is 0 Å². The van der Waals surface area contributed by atoms with Crippen molar-refractivity contribution in [1.29, 1.82) is 0 Å². The maximum atomic E-state index is 12.2. The highest BCUT2D eigenvalue weighted by atomic mass is 32.1. The van der Waals surface area contributed by atoms with E-state index in [9.17, 15) is 9.36 Å². The molecule has 3 rings (SSSR count). The highest BCUT2D eigenvalue weighted by Gasteiger charge is 2.15. The molecule has 0 fully saturated rings. The predicted octanol–water partition coefficient (Wildman–Crippen LogP) is 3.21. The van der Waals surface area contributed by atoms with E-state index in [0.717, 1.165) is 11.1 Å². The second kappa shape index (κ2) is 7.56. The summed E-state index contributed by atoms with van der Waals surface area (Å²) in [7, 11) is -2.36. The highest BCUT2D eigenvalue weighted by Crippen LogP contribution is 2.33. The number of pyridine rings is 1. The van der Waals surface area contributed by atoms with Crippen LogP contribution in [0.3, 0.4) is 0 Å². The van der Waals surface area contributed by atoms with Crippen LogP contribution in [0.1, 0.15) is 17.0 Å². The van der Waals surface area contributed by atoms with E-state index in [2.05, 4.69) is 15.3 Å². The van der Waals surface area contributed by atoms with Crippen LogP contribution in [-0.2, 0) is 22.3 Å². The maximum absolute atomic E-state index is 12.2. The molecule has 0 bridgehead atoms. The molecule has 0 aromatic carbocycles. The van der Waals surface area contributed by atoms with Gasteiger partial charge in [0.2, 0.25) is 11.8 Å². The minimum Gasteiger partial charge on any atom is -0.441 e. The Morgan fingerprint density at radius 3 is 2.73 bits per heavy atom. The van der Waals surface area contributed by atoms with Crippen molar-refractivity contribution in [3.8, 4) is 11.5 Å². The Morgan fingerprint density at radius 1 is 1.31 bits per heavy atom. The topological polar surface area (TPSA) is 85.1 Å². The molecule has 26 heavy (non-hydrogen) atoms. The molecule has 0 aliphatic carbocycles. The van der Waals surface area contributed by atoms with E-state index in [4.69, 9.17) is 4.42 Å². The first-order chi connectivity index (χ1) is 12.3. The lowest BCUT2D eigenvalue weighted by molar-refractivity contribution is -0.120. The Bertz CT molecular complexity index is 943. The van der Waals surface area contributed by atoms with Crippen molar-refractivity contribution in [1.82, 2.24) is 15.3 Å². The first kappa shape index (κ1) is 18.5. The largest absolute Gasteiger partial charge is 0.441 e. The molecular formula is C18H20N3O3PS. The van der Waals surface area contributed by atoms with Crippen LogP contribution in [0, 0.1) is 6.92 Å². The van der Waals surface area contributed by atoms with Crippen molar-refractivity contribution in [3.05, 3.63) is 52.2 Å². The van der Waals surface area contributed by atoms with E-state index in [1.807, 2.05) is 29.8 Å². The molecule has 6 nitrogen and oxygen atoms in total. The van der Waals surface area contributed by atoms with Crippen molar-refractivity contribution in [3.63, 3.8) is 0 Å². The standard InChI is InChI=1S/C18H20N3O3PS/c1-12-15(21-18(24-12)14-6-7-26-11-14)8-16(22)19-9-13-4-5-17(20-10-13)25(2,3)23/h4-7,10-11H,8-9H2,1-3H3,(H,19,22). The van der Waals surface area contributed by atoms with Gasteiger partial charge in [0.1, 0.15) is 12.9 Å². The van der Waals surface area contributed by atoms with Crippen molar-refractivity contribution in [2.24, 2.45) is 0 Å². The molecule has 8 heteroatoms. The van der Waals surface area contributed by atoms with Gasteiger partial charge in [-0.25, -0.2) is 4.98 Å². The van der Waals surface area contributed by atoms with Gasteiger partial charge >= 0.3 is 0 Å². The van der Waals surface area contributed by atoms with Crippen LogP contribution < -0.4 is 10.8 Å². The van der Waals surface area contributed by atoms with E-state index in [1.54, 1.807) is 36.9 Å². The molecule has 0 atom stereocenters. The van der Waals surface area contributed by atoms with Crippen LogP contribution in [0.15, 0.2) is 39.6 Å². The third-order valence-electron chi connectivity index (χ3n) is 3.84. The average Bonchev–Trinajstić information content (AvgIpc) is 3.23. The SMILES string of the molecule is Cc1oc(-c2ccsc2)nc1CC(=O)NCc1ccc(P(C)(C)=O)nc1. The van der Waals surface area contributed by atoms with Crippen molar-refractivity contribution in [2.45, 2.75) is 19.9 Å². The van der Waals surface area contributed by atoms with E-state index < -0.39 is 7.14 Å². The fraction of sp³-hybridized carbons (Fsp3) is 0.278. The molecule has 0 saturated heterocycles. The van der Waals surface area contributed by atoms with Gasteiger partial charge in [-0.2, -0.15) is 11.3 Å². The van der Waals surface area contributed by atoms with Gasteiger partial charge < -0.3 is 14.3 Å². The van der Waals surface area contributed by atoms with Gasteiger partial charge in [0.15, 0.2) is 0 Å². The third-order valence-corrected chi connectivity index (χ3v) is 5.89. The second-order valence-electron chi connectivity index (χ2n) is 6.36. The van der Waals surface area contributed by atoms with Gasteiger partial charge in [-0.1, -0.05) is 6.07 Å². The molecular weight excluding hydrogens is 369 g/mol. The summed E-state index contributed by atoms with van der Waals surface area (Å²) in [5, 5.41) is 6.76. The summed E-state index contributed by atoms with van der Waals surface area (Å²) in [5.74, 6) is 1.04. The summed E-state index contributed by atoms with van der Waals surface area (Å²) in [6, 6.07) is 5.51. The average molecular weight is 389 g/mol. The molecule has 0 aliphatic rings. The van der Waals surface area contributed by atoms with Crippen molar-refractivity contribution < 1.29 is 13.8 Å². The number of aromatic nitrogens is 2. The summed E-state index contributed by atoms with van der Waals surface area (Å²) in [5.41, 5.74) is 2.99.